The van der Waals surface area contributed by atoms with E-state index in [-0.39, 0.29) is 29.9 Å². The van der Waals surface area contributed by atoms with Crippen molar-refractivity contribution in [2.75, 3.05) is 26.9 Å². The maximum atomic E-state index is 13.9. The van der Waals surface area contributed by atoms with Crippen molar-refractivity contribution < 1.29 is 23.4 Å². The molecule has 1 fully saturated rings. The van der Waals surface area contributed by atoms with Crippen LogP contribution in [0.2, 0.25) is 0 Å². The lowest BCUT2D eigenvalue weighted by atomic mass is 9.90. The second kappa shape index (κ2) is 9.43. The molecule has 184 valence electrons. The summed E-state index contributed by atoms with van der Waals surface area (Å²) in [6, 6.07) is 20.9. The summed E-state index contributed by atoms with van der Waals surface area (Å²) in [5.41, 5.74) is 6.76. The molecule has 0 saturated carbocycles. The summed E-state index contributed by atoms with van der Waals surface area (Å²) in [5.74, 6) is 0.400. The molecule has 3 aromatic carbocycles. The molecule has 1 amide bonds. The van der Waals surface area contributed by atoms with Crippen molar-refractivity contribution in [2.24, 2.45) is 0 Å². The monoisotopic (exact) mass is 485 g/mol. The Kier molecular flexibility index (Phi) is 5.97. The van der Waals surface area contributed by atoms with Crippen molar-refractivity contribution in [1.82, 2.24) is 4.90 Å². The zero-order valence-corrected chi connectivity index (χ0v) is 20.2. The van der Waals surface area contributed by atoms with E-state index in [4.69, 9.17) is 14.2 Å². The highest BCUT2D eigenvalue weighted by Gasteiger charge is 2.39. The fourth-order valence-electron chi connectivity index (χ4n) is 5.90. The van der Waals surface area contributed by atoms with Gasteiger partial charge in [-0.3, -0.25) is 4.90 Å². The lowest BCUT2D eigenvalue weighted by molar-refractivity contribution is -0.0364. The maximum Gasteiger partial charge on any atom is 0.410 e. The molecule has 0 radical (unpaired) electrons. The minimum absolute atomic E-state index is 0.0220. The van der Waals surface area contributed by atoms with E-state index in [1.54, 1.807) is 13.2 Å². The van der Waals surface area contributed by atoms with E-state index in [1.807, 2.05) is 29.2 Å². The van der Waals surface area contributed by atoms with Gasteiger partial charge in [0.1, 0.15) is 18.2 Å². The van der Waals surface area contributed by atoms with Gasteiger partial charge in [0.15, 0.2) is 0 Å². The van der Waals surface area contributed by atoms with Crippen molar-refractivity contribution in [3.8, 4) is 16.9 Å². The molecule has 3 aromatic rings. The molecule has 2 bridgehead atoms. The van der Waals surface area contributed by atoms with Gasteiger partial charge in [-0.1, -0.05) is 60.2 Å². The first-order valence-corrected chi connectivity index (χ1v) is 12.4. The van der Waals surface area contributed by atoms with Crippen LogP contribution >= 0.6 is 0 Å². The highest BCUT2D eigenvalue weighted by Crippen LogP contribution is 2.44. The van der Waals surface area contributed by atoms with Crippen molar-refractivity contribution >= 4 is 6.09 Å². The highest BCUT2D eigenvalue weighted by molar-refractivity contribution is 5.79. The summed E-state index contributed by atoms with van der Waals surface area (Å²) < 4.78 is 31.0. The molecule has 0 aromatic heterocycles. The van der Waals surface area contributed by atoms with E-state index in [0.717, 1.165) is 11.1 Å². The number of halogens is 1. The van der Waals surface area contributed by atoms with Gasteiger partial charge in [-0.15, -0.1) is 0 Å². The van der Waals surface area contributed by atoms with Crippen LogP contribution in [0.4, 0.5) is 9.18 Å². The minimum Gasteiger partial charge on any atom is -0.496 e. The van der Waals surface area contributed by atoms with Gasteiger partial charge in [0.2, 0.25) is 0 Å². The third-order valence-electron chi connectivity index (χ3n) is 7.48. The van der Waals surface area contributed by atoms with Crippen molar-refractivity contribution in [1.29, 1.82) is 0 Å². The molecular weight excluding hydrogens is 457 g/mol. The second-order valence-corrected chi connectivity index (χ2v) is 9.63. The first-order valence-electron chi connectivity index (χ1n) is 12.4. The summed E-state index contributed by atoms with van der Waals surface area (Å²) in [4.78, 5) is 15.2. The number of carbonyl (C=O) groups is 1. The molecule has 1 aliphatic carbocycles. The number of fused-ring (bicyclic) bond motifs is 5. The third-order valence-corrected chi connectivity index (χ3v) is 7.48. The Morgan fingerprint density at radius 3 is 2.44 bits per heavy atom. The Balaban J connectivity index is 1.19. The second-order valence-electron chi connectivity index (χ2n) is 9.63. The fraction of sp³-hybridized carbons (Fsp3) is 0.300. The van der Waals surface area contributed by atoms with Crippen LogP contribution in [0.5, 0.6) is 5.75 Å². The number of morpholine rings is 1. The van der Waals surface area contributed by atoms with Crippen LogP contribution in [0.1, 0.15) is 29.0 Å². The summed E-state index contributed by atoms with van der Waals surface area (Å²) >= 11 is 0. The molecule has 2 aliphatic heterocycles. The van der Waals surface area contributed by atoms with Gasteiger partial charge in [-0.05, 0) is 53.3 Å². The van der Waals surface area contributed by atoms with Crippen LogP contribution in [0.3, 0.4) is 0 Å². The van der Waals surface area contributed by atoms with E-state index in [0.29, 0.717) is 38.4 Å². The van der Waals surface area contributed by atoms with Gasteiger partial charge in [-0.2, -0.15) is 0 Å². The predicted molar refractivity (Wildman–Crippen MR) is 135 cm³/mol. The van der Waals surface area contributed by atoms with Crippen molar-refractivity contribution in [2.45, 2.75) is 30.8 Å². The summed E-state index contributed by atoms with van der Waals surface area (Å²) in [5, 5.41) is 0. The van der Waals surface area contributed by atoms with Crippen LogP contribution in [-0.4, -0.2) is 50.0 Å². The summed E-state index contributed by atoms with van der Waals surface area (Å²) in [7, 11) is 1.59. The molecule has 2 heterocycles. The zero-order valence-electron chi connectivity index (χ0n) is 20.2. The van der Waals surface area contributed by atoms with Crippen molar-refractivity contribution in [3.63, 3.8) is 0 Å². The summed E-state index contributed by atoms with van der Waals surface area (Å²) in [6.07, 6.45) is 2.99. The molecular formula is C30H28FNO4. The molecule has 0 N–H and O–H groups in total. The lowest BCUT2D eigenvalue weighted by Gasteiger charge is -2.44. The predicted octanol–water partition coefficient (Wildman–Crippen LogP) is 5.73. The van der Waals surface area contributed by atoms with Gasteiger partial charge in [0.25, 0.3) is 0 Å². The fourth-order valence-corrected chi connectivity index (χ4v) is 5.90. The van der Waals surface area contributed by atoms with Crippen LogP contribution in [-0.2, 0) is 15.9 Å². The smallest absolute Gasteiger partial charge is 0.410 e. The third kappa shape index (κ3) is 4.05. The highest BCUT2D eigenvalue weighted by atomic mass is 19.1. The quantitative estimate of drug-likeness (QED) is 0.434. The lowest BCUT2D eigenvalue weighted by Crippen LogP contribution is -2.56. The molecule has 0 spiro atoms. The van der Waals surface area contributed by atoms with Crippen molar-refractivity contribution in [3.05, 3.63) is 101 Å². The number of rotatable bonds is 5. The average molecular weight is 486 g/mol. The van der Waals surface area contributed by atoms with E-state index < -0.39 is 0 Å². The van der Waals surface area contributed by atoms with E-state index >= 15 is 0 Å². The topological polar surface area (TPSA) is 48.0 Å². The van der Waals surface area contributed by atoms with E-state index in [9.17, 15) is 9.18 Å². The first kappa shape index (κ1) is 22.8. The Bertz CT molecular complexity index is 1290. The molecule has 3 aliphatic rings. The number of benzene rings is 3. The molecule has 1 saturated heterocycles. The first-order chi connectivity index (χ1) is 17.6. The number of amides is 1. The van der Waals surface area contributed by atoms with E-state index in [2.05, 4.69) is 30.3 Å². The number of methoxy groups -OCH3 is 1. The molecule has 36 heavy (non-hydrogen) atoms. The molecule has 2 atom stereocenters. The zero-order chi connectivity index (χ0) is 24.6. The Labute approximate surface area is 210 Å². The number of nitrogens with zero attached hydrogens (tertiary/aromatic N) is 1. The standard InChI is InChI=1S/C30H28FNO4/c1-34-29-11-10-21(31)15-20(29)12-19-13-22-16-35-17-23(14-19)32(22)30(33)36-18-28-26-8-4-2-6-24(26)25-7-3-5-9-27(25)28/h2-11,13,15,22-23,28H,12,14,16-18H2,1H3. The Hall–Kier alpha value is -3.64. The largest absolute Gasteiger partial charge is 0.496 e. The molecule has 6 heteroatoms. The number of ether oxygens (including phenoxy) is 3. The normalized spacial score (nSPS) is 20.4. The van der Waals surface area contributed by atoms with Crippen LogP contribution in [0.25, 0.3) is 11.1 Å². The molecule has 5 nitrogen and oxygen atoms in total. The Morgan fingerprint density at radius 2 is 1.75 bits per heavy atom. The van der Waals surface area contributed by atoms with Gasteiger partial charge < -0.3 is 14.2 Å². The summed E-state index contributed by atoms with van der Waals surface area (Å²) in [6.45, 7) is 1.17. The number of carbonyl (C=O) groups excluding carboxylic acids is 1. The van der Waals surface area contributed by atoms with Crippen LogP contribution in [0.15, 0.2) is 78.4 Å². The van der Waals surface area contributed by atoms with E-state index in [1.165, 1.54) is 34.4 Å². The SMILES string of the molecule is COc1ccc(F)cc1CC1=CC2COCC(C1)N2C(=O)OCC1c2ccccc2-c2ccccc21. The Morgan fingerprint density at radius 1 is 1.03 bits per heavy atom. The van der Waals surface area contributed by atoms with Gasteiger partial charge >= 0.3 is 6.09 Å². The molecule has 2 unspecified atom stereocenters. The van der Waals surface area contributed by atoms with Gasteiger partial charge in [0.05, 0.1) is 32.4 Å². The minimum atomic E-state index is -0.311. The number of hydrogen-bond donors (Lipinski definition) is 0. The van der Waals surface area contributed by atoms with Gasteiger partial charge in [-0.25, -0.2) is 9.18 Å². The number of hydrogen-bond acceptors (Lipinski definition) is 4. The molecule has 6 rings (SSSR count). The van der Waals surface area contributed by atoms with Gasteiger partial charge in [0, 0.05) is 11.5 Å². The maximum absolute atomic E-state index is 13.9. The average Bonchev–Trinajstić information content (AvgIpc) is 3.20. The van der Waals surface area contributed by atoms with Crippen LogP contribution < -0.4 is 4.74 Å². The van der Waals surface area contributed by atoms with Crippen LogP contribution in [0, 0.1) is 5.82 Å².